The summed E-state index contributed by atoms with van der Waals surface area (Å²) in [5, 5.41) is 0. The highest BCUT2D eigenvalue weighted by Crippen LogP contribution is 2.16. The second kappa shape index (κ2) is 5.71. The van der Waals surface area contributed by atoms with Gasteiger partial charge >= 0.3 is 0 Å². The molecule has 2 nitrogen and oxygen atoms in total. The van der Waals surface area contributed by atoms with E-state index in [0.29, 0.717) is 17.7 Å². The van der Waals surface area contributed by atoms with Crippen LogP contribution in [-0.2, 0) is 6.42 Å². The summed E-state index contributed by atoms with van der Waals surface area (Å²) in [6, 6.07) is 4.86. The first-order chi connectivity index (χ1) is 7.19. The molecule has 2 N–H and O–H groups in total. The molecule has 0 atom stereocenters. The van der Waals surface area contributed by atoms with Gasteiger partial charge in [-0.05, 0) is 31.6 Å². The highest BCUT2D eigenvalue weighted by Gasteiger charge is 2.07. The molecular formula is C12H19FN2. The van der Waals surface area contributed by atoms with E-state index in [1.54, 1.807) is 12.1 Å². The fraction of sp³-hybridized carbons (Fsp3) is 0.500. The van der Waals surface area contributed by atoms with Gasteiger partial charge in [-0.15, -0.1) is 0 Å². The molecule has 0 aliphatic rings. The van der Waals surface area contributed by atoms with Gasteiger partial charge in [0, 0.05) is 17.8 Å². The number of anilines is 1. The summed E-state index contributed by atoms with van der Waals surface area (Å²) in [6.45, 7) is 7.05. The van der Waals surface area contributed by atoms with Crippen molar-refractivity contribution in [2.24, 2.45) is 0 Å². The maximum Gasteiger partial charge on any atom is 0.128 e. The third-order valence-electron chi connectivity index (χ3n) is 2.73. The third-order valence-corrected chi connectivity index (χ3v) is 2.73. The fourth-order valence-electron chi connectivity index (χ4n) is 1.65. The van der Waals surface area contributed by atoms with E-state index in [2.05, 4.69) is 18.7 Å². The Morgan fingerprint density at radius 1 is 1.27 bits per heavy atom. The Labute approximate surface area is 90.9 Å². The molecule has 0 radical (unpaired) electrons. The Morgan fingerprint density at radius 2 is 1.93 bits per heavy atom. The predicted molar refractivity (Wildman–Crippen MR) is 62.3 cm³/mol. The first kappa shape index (κ1) is 12.0. The number of rotatable bonds is 5. The lowest BCUT2D eigenvalue weighted by Gasteiger charge is -2.18. The molecule has 0 saturated carbocycles. The zero-order valence-electron chi connectivity index (χ0n) is 9.46. The van der Waals surface area contributed by atoms with Gasteiger partial charge < -0.3 is 10.6 Å². The van der Waals surface area contributed by atoms with Crippen LogP contribution in [0.1, 0.15) is 19.4 Å². The van der Waals surface area contributed by atoms with Crippen molar-refractivity contribution in [2.75, 3.05) is 25.4 Å². The Hall–Kier alpha value is -1.09. The van der Waals surface area contributed by atoms with E-state index >= 15 is 0 Å². The first-order valence-corrected chi connectivity index (χ1v) is 5.44. The van der Waals surface area contributed by atoms with Gasteiger partial charge in [0.2, 0.25) is 0 Å². The molecule has 1 aromatic carbocycles. The van der Waals surface area contributed by atoms with Crippen LogP contribution < -0.4 is 5.73 Å². The third kappa shape index (κ3) is 3.20. The van der Waals surface area contributed by atoms with E-state index in [1.165, 1.54) is 6.07 Å². The topological polar surface area (TPSA) is 29.3 Å². The lowest BCUT2D eigenvalue weighted by Crippen LogP contribution is -2.25. The van der Waals surface area contributed by atoms with E-state index in [0.717, 1.165) is 19.6 Å². The minimum atomic E-state index is -0.192. The largest absolute Gasteiger partial charge is 0.398 e. The monoisotopic (exact) mass is 210 g/mol. The summed E-state index contributed by atoms with van der Waals surface area (Å²) in [5.41, 5.74) is 6.93. The van der Waals surface area contributed by atoms with Gasteiger partial charge in [-0.3, -0.25) is 0 Å². The van der Waals surface area contributed by atoms with Crippen LogP contribution in [0.5, 0.6) is 0 Å². The van der Waals surface area contributed by atoms with Gasteiger partial charge in [0.25, 0.3) is 0 Å². The highest BCUT2D eigenvalue weighted by atomic mass is 19.1. The van der Waals surface area contributed by atoms with Gasteiger partial charge in [-0.25, -0.2) is 4.39 Å². The molecule has 3 heteroatoms. The average molecular weight is 210 g/mol. The van der Waals surface area contributed by atoms with E-state index in [1.807, 2.05) is 0 Å². The van der Waals surface area contributed by atoms with Crippen molar-refractivity contribution in [3.63, 3.8) is 0 Å². The molecule has 1 rings (SSSR count). The number of hydrogen-bond donors (Lipinski definition) is 1. The van der Waals surface area contributed by atoms with Crippen molar-refractivity contribution in [1.82, 2.24) is 4.90 Å². The fourth-order valence-corrected chi connectivity index (χ4v) is 1.65. The zero-order valence-corrected chi connectivity index (χ0v) is 9.46. The number of nitrogens with zero attached hydrogens (tertiary/aromatic N) is 1. The Bertz CT molecular complexity index is 288. The molecule has 0 fully saturated rings. The molecule has 0 heterocycles. The molecule has 0 spiro atoms. The normalized spacial score (nSPS) is 10.9. The summed E-state index contributed by atoms with van der Waals surface area (Å²) in [4.78, 5) is 2.26. The van der Waals surface area contributed by atoms with Crippen molar-refractivity contribution in [3.05, 3.63) is 29.6 Å². The minimum absolute atomic E-state index is 0.192. The average Bonchev–Trinajstić information content (AvgIpc) is 2.23. The van der Waals surface area contributed by atoms with Gasteiger partial charge in [0.1, 0.15) is 5.82 Å². The summed E-state index contributed by atoms with van der Waals surface area (Å²) >= 11 is 0. The standard InChI is InChI=1S/C12H19FN2/c1-3-15(4-2)9-8-10-11(13)6-5-7-12(10)14/h5-7H,3-4,8-9,14H2,1-2H3. The predicted octanol–water partition coefficient (Wildman–Crippen LogP) is 2.29. The molecule has 15 heavy (non-hydrogen) atoms. The van der Waals surface area contributed by atoms with Crippen LogP contribution >= 0.6 is 0 Å². The van der Waals surface area contributed by atoms with Gasteiger partial charge in [-0.1, -0.05) is 19.9 Å². The quantitative estimate of drug-likeness (QED) is 0.755. The van der Waals surface area contributed by atoms with Crippen molar-refractivity contribution in [1.29, 1.82) is 0 Å². The maximum atomic E-state index is 13.4. The van der Waals surface area contributed by atoms with Crippen LogP contribution in [0.2, 0.25) is 0 Å². The van der Waals surface area contributed by atoms with Crippen LogP contribution in [0.3, 0.4) is 0 Å². The minimum Gasteiger partial charge on any atom is -0.398 e. The number of likely N-dealkylation sites (N-methyl/N-ethyl adjacent to an activating group) is 1. The lowest BCUT2D eigenvalue weighted by molar-refractivity contribution is 0.306. The van der Waals surface area contributed by atoms with Crippen LogP contribution in [0.4, 0.5) is 10.1 Å². The molecule has 0 bridgehead atoms. The molecule has 0 amide bonds. The van der Waals surface area contributed by atoms with Gasteiger partial charge in [-0.2, -0.15) is 0 Å². The van der Waals surface area contributed by atoms with E-state index in [4.69, 9.17) is 5.73 Å². The molecule has 1 aromatic rings. The van der Waals surface area contributed by atoms with Gasteiger partial charge in [0.05, 0.1) is 0 Å². The van der Waals surface area contributed by atoms with Crippen molar-refractivity contribution >= 4 is 5.69 Å². The summed E-state index contributed by atoms with van der Waals surface area (Å²) in [6.07, 6.45) is 0.681. The SMILES string of the molecule is CCN(CC)CCc1c(N)cccc1F. The van der Waals surface area contributed by atoms with Crippen LogP contribution in [-0.4, -0.2) is 24.5 Å². The van der Waals surface area contributed by atoms with Crippen LogP contribution in [0.25, 0.3) is 0 Å². The summed E-state index contributed by atoms with van der Waals surface area (Å²) in [7, 11) is 0. The number of nitrogen functional groups attached to an aromatic ring is 1. The first-order valence-electron chi connectivity index (χ1n) is 5.44. The van der Waals surface area contributed by atoms with Crippen molar-refractivity contribution in [3.8, 4) is 0 Å². The lowest BCUT2D eigenvalue weighted by atomic mass is 10.1. The molecule has 0 aromatic heterocycles. The molecule has 0 unspecified atom stereocenters. The second-order valence-electron chi connectivity index (χ2n) is 3.58. The molecule has 0 aliphatic carbocycles. The number of hydrogen-bond acceptors (Lipinski definition) is 2. The molecular weight excluding hydrogens is 191 g/mol. The number of benzene rings is 1. The Morgan fingerprint density at radius 3 is 2.47 bits per heavy atom. The van der Waals surface area contributed by atoms with Crippen molar-refractivity contribution < 1.29 is 4.39 Å². The summed E-state index contributed by atoms with van der Waals surface area (Å²) in [5.74, 6) is -0.192. The molecule has 0 aliphatic heterocycles. The molecule has 0 saturated heterocycles. The molecule has 84 valence electrons. The van der Waals surface area contributed by atoms with Crippen molar-refractivity contribution in [2.45, 2.75) is 20.3 Å². The number of nitrogens with two attached hydrogens (primary N) is 1. The maximum absolute atomic E-state index is 13.4. The van der Waals surface area contributed by atoms with E-state index in [9.17, 15) is 4.39 Å². The Kier molecular flexibility index (Phi) is 4.56. The van der Waals surface area contributed by atoms with Crippen LogP contribution in [0, 0.1) is 5.82 Å². The zero-order chi connectivity index (χ0) is 11.3. The van der Waals surface area contributed by atoms with E-state index < -0.39 is 0 Å². The smallest absolute Gasteiger partial charge is 0.128 e. The highest BCUT2D eigenvalue weighted by molar-refractivity contribution is 5.47. The summed E-state index contributed by atoms with van der Waals surface area (Å²) < 4.78 is 13.4. The Balaban J connectivity index is 2.64. The number of halogens is 1. The second-order valence-corrected chi connectivity index (χ2v) is 3.58. The van der Waals surface area contributed by atoms with E-state index in [-0.39, 0.29) is 5.82 Å². The van der Waals surface area contributed by atoms with Crippen LogP contribution in [0.15, 0.2) is 18.2 Å². The van der Waals surface area contributed by atoms with Gasteiger partial charge in [0.15, 0.2) is 0 Å².